The Morgan fingerprint density at radius 2 is 1.97 bits per heavy atom. The summed E-state index contributed by atoms with van der Waals surface area (Å²) < 4.78 is 28.9. The second kappa shape index (κ2) is 7.28. The highest BCUT2D eigenvalue weighted by Gasteiger charge is 2.42. The maximum absolute atomic E-state index is 13.5. The lowest BCUT2D eigenvalue weighted by Gasteiger charge is -2.34. The van der Waals surface area contributed by atoms with Crippen LogP contribution in [0.15, 0.2) is 24.8 Å². The molecule has 4 heterocycles. The number of rotatable bonds is 3. The van der Waals surface area contributed by atoms with Crippen LogP contribution in [0.1, 0.15) is 55.3 Å². The van der Waals surface area contributed by atoms with Gasteiger partial charge in [-0.2, -0.15) is 5.10 Å². The van der Waals surface area contributed by atoms with Gasteiger partial charge in [-0.25, -0.2) is 24.2 Å². The van der Waals surface area contributed by atoms with Crippen LogP contribution in [-0.4, -0.2) is 44.8 Å². The van der Waals surface area contributed by atoms with E-state index in [0.717, 1.165) is 30.8 Å². The molecule has 0 radical (unpaired) electrons. The van der Waals surface area contributed by atoms with E-state index in [9.17, 15) is 8.78 Å². The number of nitrogens with zero attached hydrogens (tertiary/aromatic N) is 5. The predicted octanol–water partition coefficient (Wildman–Crippen LogP) is 2.55. The van der Waals surface area contributed by atoms with Crippen molar-refractivity contribution in [2.24, 2.45) is 13.0 Å². The molecule has 0 bridgehead atoms. The molecule has 0 aromatic carbocycles. The van der Waals surface area contributed by atoms with E-state index in [-0.39, 0.29) is 18.9 Å². The fourth-order valence-electron chi connectivity index (χ4n) is 5.07. The molecule has 2 aromatic rings. The average molecular weight is 403 g/mol. The third-order valence-corrected chi connectivity index (χ3v) is 6.76. The SMILES string of the molecule is Cn1cc(C2CCC3NNC(c4cc(N5CCC(F)(F)CC5)ncn4)C3C2)cn1. The Labute approximate surface area is 168 Å². The minimum absolute atomic E-state index is 0.0902. The van der Waals surface area contributed by atoms with Crippen molar-refractivity contribution in [2.45, 2.75) is 56.0 Å². The summed E-state index contributed by atoms with van der Waals surface area (Å²) in [4.78, 5) is 10.8. The van der Waals surface area contributed by atoms with Gasteiger partial charge in [0.1, 0.15) is 12.1 Å². The molecule has 1 saturated carbocycles. The number of hydrogen-bond acceptors (Lipinski definition) is 6. The zero-order valence-electron chi connectivity index (χ0n) is 16.6. The Kier molecular flexibility index (Phi) is 4.74. The van der Waals surface area contributed by atoms with Crippen LogP contribution in [0.2, 0.25) is 0 Å². The molecule has 0 spiro atoms. The van der Waals surface area contributed by atoms with Gasteiger partial charge in [0.25, 0.3) is 5.92 Å². The molecule has 2 aliphatic heterocycles. The van der Waals surface area contributed by atoms with Crippen molar-refractivity contribution in [1.82, 2.24) is 30.6 Å². The van der Waals surface area contributed by atoms with E-state index >= 15 is 0 Å². The van der Waals surface area contributed by atoms with Crippen LogP contribution >= 0.6 is 0 Å². The van der Waals surface area contributed by atoms with Crippen molar-refractivity contribution in [3.05, 3.63) is 36.0 Å². The van der Waals surface area contributed by atoms with Crippen LogP contribution in [0.25, 0.3) is 0 Å². The van der Waals surface area contributed by atoms with Crippen LogP contribution in [0.5, 0.6) is 0 Å². The van der Waals surface area contributed by atoms with Crippen molar-refractivity contribution in [2.75, 3.05) is 18.0 Å². The zero-order valence-corrected chi connectivity index (χ0v) is 16.6. The summed E-state index contributed by atoms with van der Waals surface area (Å²) in [5.41, 5.74) is 9.12. The van der Waals surface area contributed by atoms with Crippen molar-refractivity contribution >= 4 is 5.82 Å². The van der Waals surface area contributed by atoms with Crippen LogP contribution < -0.4 is 15.8 Å². The number of alkyl halides is 2. The van der Waals surface area contributed by atoms with Gasteiger partial charge < -0.3 is 4.90 Å². The van der Waals surface area contributed by atoms with Crippen molar-refractivity contribution in [1.29, 1.82) is 0 Å². The summed E-state index contributed by atoms with van der Waals surface area (Å²) in [5.74, 6) is -0.891. The summed E-state index contributed by atoms with van der Waals surface area (Å²) in [6.45, 7) is 0.657. The van der Waals surface area contributed by atoms with Gasteiger partial charge in [-0.3, -0.25) is 10.1 Å². The van der Waals surface area contributed by atoms with E-state index in [1.807, 2.05) is 28.9 Å². The first-order valence-corrected chi connectivity index (χ1v) is 10.4. The van der Waals surface area contributed by atoms with Crippen LogP contribution in [0.3, 0.4) is 0 Å². The summed E-state index contributed by atoms with van der Waals surface area (Å²) in [6.07, 6.45) is 8.73. The molecule has 5 rings (SSSR count). The lowest BCUT2D eigenvalue weighted by atomic mass is 9.73. The molecule has 2 aromatic heterocycles. The molecule has 7 nitrogen and oxygen atoms in total. The third kappa shape index (κ3) is 3.73. The number of piperidine rings is 1. The summed E-state index contributed by atoms with van der Waals surface area (Å²) >= 11 is 0. The Hall–Kier alpha value is -2.13. The zero-order chi connectivity index (χ0) is 20.0. The van der Waals surface area contributed by atoms with Gasteiger partial charge in [0.2, 0.25) is 0 Å². The number of hydrazine groups is 1. The molecule has 3 fully saturated rings. The molecular weight excluding hydrogens is 376 g/mol. The van der Waals surface area contributed by atoms with Crippen LogP contribution in [-0.2, 0) is 7.05 Å². The lowest BCUT2D eigenvalue weighted by Crippen LogP contribution is -2.40. The van der Waals surface area contributed by atoms with Gasteiger partial charge in [-0.1, -0.05) is 0 Å². The van der Waals surface area contributed by atoms with Gasteiger partial charge in [-0.15, -0.1) is 0 Å². The first kappa shape index (κ1) is 18.9. The summed E-state index contributed by atoms with van der Waals surface area (Å²) in [6, 6.07) is 2.48. The number of aromatic nitrogens is 4. The van der Waals surface area contributed by atoms with E-state index < -0.39 is 5.92 Å². The van der Waals surface area contributed by atoms with E-state index in [0.29, 0.717) is 31.0 Å². The molecule has 1 aliphatic carbocycles. The smallest absolute Gasteiger partial charge is 0.251 e. The van der Waals surface area contributed by atoms with Gasteiger partial charge in [0.05, 0.1) is 17.9 Å². The highest BCUT2D eigenvalue weighted by molar-refractivity contribution is 5.40. The van der Waals surface area contributed by atoms with Crippen molar-refractivity contribution < 1.29 is 8.78 Å². The maximum Gasteiger partial charge on any atom is 0.251 e. The number of fused-ring (bicyclic) bond motifs is 1. The fourth-order valence-corrected chi connectivity index (χ4v) is 5.07. The van der Waals surface area contributed by atoms with Gasteiger partial charge in [-0.05, 0) is 36.7 Å². The molecule has 3 aliphatic rings. The van der Waals surface area contributed by atoms with Crippen LogP contribution in [0, 0.1) is 5.92 Å². The Morgan fingerprint density at radius 3 is 2.72 bits per heavy atom. The first-order chi connectivity index (χ1) is 14.0. The van der Waals surface area contributed by atoms with Crippen molar-refractivity contribution in [3.8, 4) is 0 Å². The summed E-state index contributed by atoms with van der Waals surface area (Å²) in [7, 11) is 1.95. The number of nitrogens with one attached hydrogen (secondary N) is 2. The monoisotopic (exact) mass is 403 g/mol. The Morgan fingerprint density at radius 1 is 1.14 bits per heavy atom. The minimum atomic E-state index is -2.56. The van der Waals surface area contributed by atoms with Crippen molar-refractivity contribution in [3.63, 3.8) is 0 Å². The normalized spacial score (nSPS) is 31.6. The van der Waals surface area contributed by atoms with Crippen LogP contribution in [0.4, 0.5) is 14.6 Å². The molecule has 29 heavy (non-hydrogen) atoms. The molecule has 0 amide bonds. The summed E-state index contributed by atoms with van der Waals surface area (Å²) in [5, 5.41) is 4.33. The second-order valence-corrected chi connectivity index (χ2v) is 8.64. The molecule has 4 unspecified atom stereocenters. The molecule has 9 heteroatoms. The highest BCUT2D eigenvalue weighted by atomic mass is 19.3. The quantitative estimate of drug-likeness (QED) is 0.821. The standard InChI is InChI=1S/C20H27F2N7/c1-28-11-14(10-25-28)13-2-3-16-15(8-13)19(27-26-16)17-9-18(24-12-23-17)29-6-4-20(21,22)5-7-29/h9-13,15-16,19,26-27H,2-8H2,1H3. The highest BCUT2D eigenvalue weighted by Crippen LogP contribution is 2.44. The largest absolute Gasteiger partial charge is 0.356 e. The van der Waals surface area contributed by atoms with E-state index in [1.165, 1.54) is 5.56 Å². The van der Waals surface area contributed by atoms with Gasteiger partial charge in [0.15, 0.2) is 0 Å². The second-order valence-electron chi connectivity index (χ2n) is 8.64. The topological polar surface area (TPSA) is 70.9 Å². The third-order valence-electron chi connectivity index (χ3n) is 6.76. The molecular formula is C20H27F2N7. The van der Waals surface area contributed by atoms with E-state index in [1.54, 1.807) is 6.33 Å². The first-order valence-electron chi connectivity index (χ1n) is 10.4. The molecule has 4 atom stereocenters. The maximum atomic E-state index is 13.5. The molecule has 2 saturated heterocycles. The average Bonchev–Trinajstić information content (AvgIpc) is 3.34. The molecule has 156 valence electrons. The van der Waals surface area contributed by atoms with Gasteiger partial charge in [0, 0.05) is 51.3 Å². The number of aryl methyl sites for hydroxylation is 1. The number of halogens is 2. The van der Waals surface area contributed by atoms with E-state index in [4.69, 9.17) is 0 Å². The Bertz CT molecular complexity index is 860. The van der Waals surface area contributed by atoms with E-state index in [2.05, 4.69) is 32.1 Å². The minimum Gasteiger partial charge on any atom is -0.356 e. The number of hydrogen-bond donors (Lipinski definition) is 2. The fraction of sp³-hybridized carbons (Fsp3) is 0.650. The Balaban J connectivity index is 1.33. The number of anilines is 1. The predicted molar refractivity (Wildman–Crippen MR) is 105 cm³/mol. The van der Waals surface area contributed by atoms with Gasteiger partial charge >= 0.3 is 0 Å². The lowest BCUT2D eigenvalue weighted by molar-refractivity contribution is -0.0221. The molecule has 2 N–H and O–H groups in total.